The van der Waals surface area contributed by atoms with Crippen LogP contribution in [0.3, 0.4) is 0 Å². The van der Waals surface area contributed by atoms with E-state index in [4.69, 9.17) is 27.9 Å². The van der Waals surface area contributed by atoms with Gasteiger partial charge < -0.3 is 19.5 Å². The molecule has 156 valence electrons. The molecular formula is C21H21Cl2N5O2. The standard InChI is InChI=1S/C21H21Cl2N5O2/c1-12-17-14-2-3-15(22)18(23)19(14)26-16(17)4-5-28(12)21(29)20-24-10-13(11-25-20)27-6-8-30-9-7-27/h2-3,10-12,26H,4-9H2,1H3/t12-/m0/s1. The fraction of sp³-hybridized carbons (Fsp3) is 0.381. The Morgan fingerprint density at radius 3 is 2.63 bits per heavy atom. The fourth-order valence-electron chi connectivity index (χ4n) is 4.36. The van der Waals surface area contributed by atoms with E-state index in [9.17, 15) is 4.79 Å². The minimum absolute atomic E-state index is 0.130. The molecule has 3 aromatic rings. The van der Waals surface area contributed by atoms with Crippen LogP contribution in [0.5, 0.6) is 0 Å². The molecule has 2 aromatic heterocycles. The number of halogens is 2. The van der Waals surface area contributed by atoms with Crippen LogP contribution in [0, 0.1) is 0 Å². The molecule has 1 fully saturated rings. The highest BCUT2D eigenvalue weighted by Crippen LogP contribution is 2.40. The minimum atomic E-state index is -0.170. The molecule has 1 amide bonds. The Morgan fingerprint density at radius 2 is 1.90 bits per heavy atom. The predicted molar refractivity (Wildman–Crippen MR) is 117 cm³/mol. The number of carbonyl (C=O) groups is 1. The summed E-state index contributed by atoms with van der Waals surface area (Å²) in [7, 11) is 0. The maximum atomic E-state index is 13.2. The average Bonchev–Trinajstić information content (AvgIpc) is 3.17. The number of fused-ring (bicyclic) bond motifs is 3. The molecule has 9 heteroatoms. The van der Waals surface area contributed by atoms with Gasteiger partial charge in [0.05, 0.1) is 52.9 Å². The van der Waals surface area contributed by atoms with Gasteiger partial charge >= 0.3 is 0 Å². The van der Waals surface area contributed by atoms with Crippen molar-refractivity contribution in [1.82, 2.24) is 19.9 Å². The molecule has 1 N–H and O–H groups in total. The average molecular weight is 446 g/mol. The zero-order valence-electron chi connectivity index (χ0n) is 16.5. The largest absolute Gasteiger partial charge is 0.378 e. The van der Waals surface area contributed by atoms with Crippen LogP contribution in [-0.4, -0.2) is 58.6 Å². The quantitative estimate of drug-likeness (QED) is 0.647. The number of nitrogens with one attached hydrogen (secondary N) is 1. The summed E-state index contributed by atoms with van der Waals surface area (Å²) < 4.78 is 5.38. The van der Waals surface area contributed by atoms with E-state index in [-0.39, 0.29) is 17.8 Å². The Kier molecular flexibility index (Phi) is 5.05. The summed E-state index contributed by atoms with van der Waals surface area (Å²) in [5, 5.41) is 2.01. The van der Waals surface area contributed by atoms with Crippen molar-refractivity contribution in [3.05, 3.63) is 51.7 Å². The SMILES string of the molecule is C[C@H]1c2c([nH]c3c(Cl)c(Cl)ccc23)CCN1C(=O)c1ncc(N2CCOCC2)cn1. The number of nitrogens with zero attached hydrogens (tertiary/aromatic N) is 4. The molecule has 7 nitrogen and oxygen atoms in total. The van der Waals surface area contributed by atoms with E-state index < -0.39 is 0 Å². The zero-order valence-corrected chi connectivity index (χ0v) is 18.0. The van der Waals surface area contributed by atoms with Crippen molar-refractivity contribution < 1.29 is 9.53 Å². The Morgan fingerprint density at radius 1 is 1.17 bits per heavy atom. The molecular weight excluding hydrogens is 425 g/mol. The second kappa shape index (κ2) is 7.72. The molecule has 1 atom stereocenters. The Hall–Kier alpha value is -2.35. The van der Waals surface area contributed by atoms with Gasteiger partial charge in [0.1, 0.15) is 0 Å². The Bertz CT molecular complexity index is 1110. The molecule has 30 heavy (non-hydrogen) atoms. The van der Waals surface area contributed by atoms with Crippen LogP contribution in [-0.2, 0) is 11.2 Å². The van der Waals surface area contributed by atoms with Crippen LogP contribution >= 0.6 is 23.2 Å². The van der Waals surface area contributed by atoms with Crippen LogP contribution in [0.25, 0.3) is 10.9 Å². The highest BCUT2D eigenvalue weighted by Gasteiger charge is 2.33. The zero-order chi connectivity index (χ0) is 20.8. The van der Waals surface area contributed by atoms with E-state index in [1.165, 1.54) is 0 Å². The third-order valence-corrected chi connectivity index (χ3v) is 6.74. The first kappa shape index (κ1) is 19.6. The summed E-state index contributed by atoms with van der Waals surface area (Å²) in [5.74, 6) is 0.0410. The minimum Gasteiger partial charge on any atom is -0.378 e. The van der Waals surface area contributed by atoms with Gasteiger partial charge in [0.2, 0.25) is 5.82 Å². The number of ether oxygens (including phenoxy) is 1. The summed E-state index contributed by atoms with van der Waals surface area (Å²) in [6, 6.07) is 3.62. The molecule has 0 bridgehead atoms. The van der Waals surface area contributed by atoms with Crippen LogP contribution in [0.2, 0.25) is 10.0 Å². The van der Waals surface area contributed by atoms with Gasteiger partial charge in [-0.25, -0.2) is 9.97 Å². The van der Waals surface area contributed by atoms with E-state index in [1.54, 1.807) is 18.5 Å². The van der Waals surface area contributed by atoms with Crippen molar-refractivity contribution in [3.8, 4) is 0 Å². The van der Waals surface area contributed by atoms with E-state index in [1.807, 2.05) is 17.9 Å². The van der Waals surface area contributed by atoms with Crippen molar-refractivity contribution >= 4 is 45.7 Å². The molecule has 0 unspecified atom stereocenters. The second-order valence-electron chi connectivity index (χ2n) is 7.59. The summed E-state index contributed by atoms with van der Waals surface area (Å²) in [6.45, 7) is 5.58. The maximum absolute atomic E-state index is 13.2. The summed E-state index contributed by atoms with van der Waals surface area (Å²) in [6.07, 6.45) is 4.15. The number of carbonyl (C=O) groups excluding carboxylic acids is 1. The van der Waals surface area contributed by atoms with Gasteiger partial charge in [-0.15, -0.1) is 0 Å². The Labute approximate surface area is 183 Å². The lowest BCUT2D eigenvalue weighted by molar-refractivity contribution is 0.0665. The molecule has 5 rings (SSSR count). The number of morpholine rings is 1. The van der Waals surface area contributed by atoms with Gasteiger partial charge in [-0.1, -0.05) is 29.3 Å². The highest BCUT2D eigenvalue weighted by atomic mass is 35.5. The number of H-pyrrole nitrogens is 1. The van der Waals surface area contributed by atoms with E-state index in [2.05, 4.69) is 19.9 Å². The first-order valence-corrected chi connectivity index (χ1v) is 10.7. The van der Waals surface area contributed by atoms with Gasteiger partial charge in [-0.3, -0.25) is 4.79 Å². The maximum Gasteiger partial charge on any atom is 0.292 e. The molecule has 0 spiro atoms. The third-order valence-electron chi connectivity index (χ3n) is 5.94. The summed E-state index contributed by atoms with van der Waals surface area (Å²) in [5.41, 5.74) is 3.90. The number of aromatic nitrogens is 3. The number of aromatic amines is 1. The number of hydrogen-bond acceptors (Lipinski definition) is 5. The predicted octanol–water partition coefficient (Wildman–Crippen LogP) is 3.86. The lowest BCUT2D eigenvalue weighted by Crippen LogP contribution is -2.39. The lowest BCUT2D eigenvalue weighted by Gasteiger charge is -2.33. The molecule has 0 radical (unpaired) electrons. The third kappa shape index (κ3) is 3.21. The number of benzene rings is 1. The monoisotopic (exact) mass is 445 g/mol. The van der Waals surface area contributed by atoms with Gasteiger partial charge in [0.15, 0.2) is 0 Å². The normalized spacial score (nSPS) is 19.2. The van der Waals surface area contributed by atoms with Gasteiger partial charge in [0, 0.05) is 42.7 Å². The first-order valence-electron chi connectivity index (χ1n) is 9.98. The van der Waals surface area contributed by atoms with Crippen LogP contribution in [0.15, 0.2) is 24.5 Å². The molecule has 0 aliphatic carbocycles. The molecule has 0 saturated carbocycles. The molecule has 1 saturated heterocycles. The van der Waals surface area contributed by atoms with Crippen LogP contribution < -0.4 is 4.90 Å². The van der Waals surface area contributed by atoms with Crippen LogP contribution in [0.1, 0.15) is 34.8 Å². The van der Waals surface area contributed by atoms with Crippen molar-refractivity contribution in [2.45, 2.75) is 19.4 Å². The topological polar surface area (TPSA) is 74.4 Å². The smallest absolute Gasteiger partial charge is 0.292 e. The summed E-state index contributed by atoms with van der Waals surface area (Å²) >= 11 is 12.6. The Balaban J connectivity index is 1.42. The van der Waals surface area contributed by atoms with Crippen LogP contribution in [0.4, 0.5) is 5.69 Å². The summed E-state index contributed by atoms with van der Waals surface area (Å²) in [4.78, 5) is 29.3. The fourth-order valence-corrected chi connectivity index (χ4v) is 4.73. The van der Waals surface area contributed by atoms with Crippen molar-refractivity contribution in [2.24, 2.45) is 0 Å². The van der Waals surface area contributed by atoms with Crippen molar-refractivity contribution in [1.29, 1.82) is 0 Å². The number of anilines is 1. The van der Waals surface area contributed by atoms with Gasteiger partial charge in [-0.05, 0) is 13.0 Å². The number of hydrogen-bond donors (Lipinski definition) is 1. The van der Waals surface area contributed by atoms with E-state index in [0.29, 0.717) is 36.2 Å². The number of amides is 1. The number of rotatable bonds is 2. The molecule has 1 aromatic carbocycles. The van der Waals surface area contributed by atoms with Crippen molar-refractivity contribution in [3.63, 3.8) is 0 Å². The lowest BCUT2D eigenvalue weighted by atomic mass is 9.97. The van der Waals surface area contributed by atoms with E-state index in [0.717, 1.165) is 40.9 Å². The first-order chi connectivity index (χ1) is 14.5. The molecule has 2 aliphatic heterocycles. The molecule has 2 aliphatic rings. The second-order valence-corrected chi connectivity index (χ2v) is 8.38. The van der Waals surface area contributed by atoms with Gasteiger partial charge in [-0.2, -0.15) is 0 Å². The van der Waals surface area contributed by atoms with E-state index >= 15 is 0 Å². The highest BCUT2D eigenvalue weighted by molar-refractivity contribution is 6.45. The van der Waals surface area contributed by atoms with Crippen molar-refractivity contribution in [2.75, 3.05) is 37.7 Å². The van der Waals surface area contributed by atoms with Gasteiger partial charge in [0.25, 0.3) is 5.91 Å². The molecule has 4 heterocycles.